The molecule has 2 amide bonds. The number of anilines is 1. The van der Waals surface area contributed by atoms with E-state index in [0.29, 0.717) is 24.8 Å². The fraction of sp³-hybridized carbons (Fsp3) is 0.419. The van der Waals surface area contributed by atoms with Crippen LogP contribution >= 0.6 is 0 Å². The number of rotatable bonds is 8. The van der Waals surface area contributed by atoms with Crippen LogP contribution in [0.1, 0.15) is 57.9 Å². The van der Waals surface area contributed by atoms with Crippen LogP contribution in [0.15, 0.2) is 71.3 Å². The Kier molecular flexibility index (Phi) is 7.87. The summed E-state index contributed by atoms with van der Waals surface area (Å²) in [5.74, 6) is -1.12. The second-order valence-corrected chi connectivity index (χ2v) is 10.7. The van der Waals surface area contributed by atoms with Gasteiger partial charge in [0.05, 0.1) is 23.6 Å². The molecule has 0 radical (unpaired) electrons. The van der Waals surface area contributed by atoms with Crippen molar-refractivity contribution in [3.05, 3.63) is 76.9 Å². The molecule has 0 spiro atoms. The number of phenols is 1. The third kappa shape index (κ3) is 4.97. The van der Waals surface area contributed by atoms with E-state index in [1.54, 1.807) is 18.2 Å². The molecule has 0 bridgehead atoms. The lowest BCUT2D eigenvalue weighted by Crippen LogP contribution is -2.46. The van der Waals surface area contributed by atoms with Gasteiger partial charge in [-0.25, -0.2) is 0 Å². The van der Waals surface area contributed by atoms with Gasteiger partial charge in [0.2, 0.25) is 11.8 Å². The molecule has 2 aromatic rings. The molecule has 0 unspecified atom stereocenters. The first kappa shape index (κ1) is 26.5. The molecule has 2 N–H and O–H groups in total. The Balaban J connectivity index is 1.43. The second kappa shape index (κ2) is 11.3. The summed E-state index contributed by atoms with van der Waals surface area (Å²) in [7, 11) is -0.976. The Morgan fingerprint density at radius 3 is 2.47 bits per heavy atom. The Hall–Kier alpha value is -3.16. The van der Waals surface area contributed by atoms with Crippen molar-refractivity contribution in [1.29, 1.82) is 0 Å². The number of hydrogen-bond acceptors (Lipinski definition) is 5. The van der Waals surface area contributed by atoms with Crippen LogP contribution < -0.4 is 4.90 Å². The molecule has 2 heterocycles. The number of imide groups is 1. The van der Waals surface area contributed by atoms with Crippen molar-refractivity contribution in [3.63, 3.8) is 0 Å². The van der Waals surface area contributed by atoms with Crippen LogP contribution in [-0.2, 0) is 14.2 Å². The smallest absolute Gasteiger partial charge is 0.455 e. The number of benzene rings is 2. The molecule has 3 aliphatic rings. The number of carbonyl (C=O) groups excluding carboxylic acids is 2. The van der Waals surface area contributed by atoms with E-state index in [-0.39, 0.29) is 29.6 Å². The minimum Gasteiger partial charge on any atom is -0.507 e. The van der Waals surface area contributed by atoms with Gasteiger partial charge in [-0.3, -0.25) is 14.5 Å². The van der Waals surface area contributed by atoms with E-state index in [0.717, 1.165) is 36.8 Å². The van der Waals surface area contributed by atoms with Crippen LogP contribution in [0.3, 0.4) is 0 Å². The Bertz CT molecular complexity index is 1260. The van der Waals surface area contributed by atoms with Gasteiger partial charge in [-0.1, -0.05) is 73.9 Å². The first-order valence-corrected chi connectivity index (χ1v) is 13.9. The fourth-order valence-electron chi connectivity index (χ4n) is 6.67. The van der Waals surface area contributed by atoms with Gasteiger partial charge in [0, 0.05) is 5.56 Å². The molecule has 198 valence electrons. The first-order chi connectivity index (χ1) is 18.4. The minimum absolute atomic E-state index is 0.135. The highest BCUT2D eigenvalue weighted by atomic mass is 16.5. The predicted molar refractivity (Wildman–Crippen MR) is 149 cm³/mol. The summed E-state index contributed by atoms with van der Waals surface area (Å²) in [5.41, 5.74) is 4.92. The van der Waals surface area contributed by atoms with Crippen LogP contribution in [0.2, 0.25) is 6.32 Å². The molecule has 2 aromatic carbocycles. The number of nitrogens with zero attached hydrogens (tertiary/aromatic N) is 1. The van der Waals surface area contributed by atoms with E-state index in [9.17, 15) is 19.7 Å². The molecule has 7 heteroatoms. The summed E-state index contributed by atoms with van der Waals surface area (Å²) in [6.07, 6.45) is 6.73. The molecule has 0 aromatic heterocycles. The van der Waals surface area contributed by atoms with Crippen LogP contribution in [-0.4, -0.2) is 35.2 Å². The summed E-state index contributed by atoms with van der Waals surface area (Å²) in [6.45, 7) is 4.23. The summed E-state index contributed by atoms with van der Waals surface area (Å²) in [6, 6.07) is 16.5. The largest absolute Gasteiger partial charge is 0.507 e. The second-order valence-electron chi connectivity index (χ2n) is 10.7. The standard InChI is InChI=1S/C31H36BNO5/c1-3-10-20(17-22-11-8-9-14-26(22)34)15-16-27-28-21(4-2)18-24-29(25(28)19-32(37)38-27)31(36)33(30(24)35)23-12-6-5-7-13-23/h5-9,11-14,17,24-25,27,29,34,37H,3-4,10,15-16,18-19H2,1-2H3/b20-17+/t24-,25+,27-,29-/m1/s1. The van der Waals surface area contributed by atoms with Crippen molar-refractivity contribution in [1.82, 2.24) is 0 Å². The van der Waals surface area contributed by atoms with Crippen molar-refractivity contribution in [2.45, 2.75) is 64.8 Å². The third-order valence-electron chi connectivity index (χ3n) is 8.34. The number of phenolic OH excluding ortho intramolecular Hbond substituents is 1. The molecule has 1 aliphatic carbocycles. The molecule has 5 rings (SSSR count). The lowest BCUT2D eigenvalue weighted by Gasteiger charge is -2.43. The molecule has 2 saturated heterocycles. The van der Waals surface area contributed by atoms with E-state index < -0.39 is 19.0 Å². The summed E-state index contributed by atoms with van der Waals surface area (Å²) in [4.78, 5) is 28.6. The number of carbonyl (C=O) groups is 2. The highest BCUT2D eigenvalue weighted by molar-refractivity contribution is 6.43. The minimum atomic E-state index is -0.976. The molecular weight excluding hydrogens is 477 g/mol. The van der Waals surface area contributed by atoms with Gasteiger partial charge in [-0.05, 0) is 68.1 Å². The SMILES string of the molecule is CCC/C(=C\c1ccccc1O)CC[C@H]1OB(O)C[C@H]2C1=C(CC)C[C@H]1C(=O)N(c3ccccc3)C(=O)[C@H]12. The molecular formula is C31H36BNO5. The van der Waals surface area contributed by atoms with Crippen LogP contribution in [0.4, 0.5) is 5.69 Å². The van der Waals surface area contributed by atoms with E-state index in [4.69, 9.17) is 4.65 Å². The van der Waals surface area contributed by atoms with Crippen molar-refractivity contribution in [2.75, 3.05) is 4.90 Å². The lowest BCUT2D eigenvalue weighted by molar-refractivity contribution is -0.122. The normalized spacial score (nSPS) is 25.6. The maximum absolute atomic E-state index is 13.7. The van der Waals surface area contributed by atoms with Gasteiger partial charge in [0.1, 0.15) is 5.75 Å². The summed E-state index contributed by atoms with van der Waals surface area (Å²) < 4.78 is 6.12. The van der Waals surface area contributed by atoms with Gasteiger partial charge in [-0.2, -0.15) is 0 Å². The van der Waals surface area contributed by atoms with Gasteiger partial charge in [0.25, 0.3) is 0 Å². The van der Waals surface area contributed by atoms with Gasteiger partial charge in [-0.15, -0.1) is 0 Å². The number of aromatic hydroxyl groups is 1. The maximum atomic E-state index is 13.7. The number of hydrogen-bond donors (Lipinski definition) is 2. The number of fused-ring (bicyclic) bond motifs is 3. The molecule has 0 saturated carbocycles. The molecule has 2 fully saturated rings. The number of para-hydroxylation sites is 2. The zero-order chi connectivity index (χ0) is 26.8. The first-order valence-electron chi connectivity index (χ1n) is 13.9. The van der Waals surface area contributed by atoms with Crippen LogP contribution in [0.25, 0.3) is 6.08 Å². The highest BCUT2D eigenvalue weighted by Gasteiger charge is 2.57. The summed E-state index contributed by atoms with van der Waals surface area (Å²) >= 11 is 0. The third-order valence-corrected chi connectivity index (χ3v) is 8.34. The van der Waals surface area contributed by atoms with E-state index in [2.05, 4.69) is 19.9 Å². The monoisotopic (exact) mass is 513 g/mol. The lowest BCUT2D eigenvalue weighted by atomic mass is 9.58. The van der Waals surface area contributed by atoms with Crippen LogP contribution in [0, 0.1) is 17.8 Å². The van der Waals surface area contributed by atoms with Crippen molar-refractivity contribution >= 4 is 30.7 Å². The van der Waals surface area contributed by atoms with Crippen molar-refractivity contribution < 1.29 is 24.4 Å². The van der Waals surface area contributed by atoms with E-state index in [1.165, 1.54) is 16.0 Å². The predicted octanol–water partition coefficient (Wildman–Crippen LogP) is 5.77. The summed E-state index contributed by atoms with van der Waals surface area (Å²) in [5, 5.41) is 21.0. The van der Waals surface area contributed by atoms with Gasteiger partial charge < -0.3 is 14.8 Å². The fourth-order valence-corrected chi connectivity index (χ4v) is 6.67. The van der Waals surface area contributed by atoms with Gasteiger partial charge >= 0.3 is 7.12 Å². The zero-order valence-electron chi connectivity index (χ0n) is 22.2. The molecule has 2 aliphatic heterocycles. The molecule has 38 heavy (non-hydrogen) atoms. The zero-order valence-corrected chi connectivity index (χ0v) is 22.2. The Labute approximate surface area is 225 Å². The van der Waals surface area contributed by atoms with Gasteiger partial charge in [0.15, 0.2) is 0 Å². The molecule has 4 atom stereocenters. The van der Waals surface area contributed by atoms with Crippen molar-refractivity contribution in [3.8, 4) is 5.75 Å². The average molecular weight is 513 g/mol. The van der Waals surface area contributed by atoms with Crippen LogP contribution in [0.5, 0.6) is 5.75 Å². The highest BCUT2D eigenvalue weighted by Crippen LogP contribution is 2.51. The van der Waals surface area contributed by atoms with E-state index >= 15 is 0 Å². The Morgan fingerprint density at radius 2 is 1.76 bits per heavy atom. The average Bonchev–Trinajstić information content (AvgIpc) is 3.17. The quantitative estimate of drug-likeness (QED) is 0.266. The van der Waals surface area contributed by atoms with E-state index in [1.807, 2.05) is 36.4 Å². The topological polar surface area (TPSA) is 87.1 Å². The Morgan fingerprint density at radius 1 is 1.03 bits per heavy atom. The number of amides is 2. The van der Waals surface area contributed by atoms with Crippen molar-refractivity contribution in [2.24, 2.45) is 17.8 Å². The molecule has 6 nitrogen and oxygen atoms in total. The number of allylic oxidation sites excluding steroid dienone is 2. The maximum Gasteiger partial charge on any atom is 0.455 e.